The number of anilines is 1. The van der Waals surface area contributed by atoms with Crippen LogP contribution >= 0.6 is 11.6 Å². The fourth-order valence-electron chi connectivity index (χ4n) is 2.80. The van der Waals surface area contributed by atoms with Gasteiger partial charge in [0.25, 0.3) is 5.89 Å². The van der Waals surface area contributed by atoms with Crippen LogP contribution in [0.15, 0.2) is 71.4 Å². The molecule has 0 fully saturated rings. The van der Waals surface area contributed by atoms with Crippen LogP contribution in [0.4, 0.5) is 5.82 Å². The van der Waals surface area contributed by atoms with E-state index in [1.807, 2.05) is 48.5 Å². The Bertz CT molecular complexity index is 1080. The molecule has 0 spiro atoms. The summed E-state index contributed by atoms with van der Waals surface area (Å²) >= 11 is 5.94. The lowest BCUT2D eigenvalue weighted by atomic mass is 10.2. The van der Waals surface area contributed by atoms with Crippen LogP contribution in [-0.4, -0.2) is 22.2 Å². The molecule has 6 nitrogen and oxygen atoms in total. The van der Waals surface area contributed by atoms with E-state index >= 15 is 0 Å². The minimum Gasteiger partial charge on any atom is -0.496 e. The van der Waals surface area contributed by atoms with Crippen LogP contribution in [0, 0.1) is 0 Å². The van der Waals surface area contributed by atoms with E-state index in [0.29, 0.717) is 29.1 Å². The first kappa shape index (κ1) is 18.0. The predicted molar refractivity (Wildman–Crippen MR) is 108 cm³/mol. The van der Waals surface area contributed by atoms with Gasteiger partial charge >= 0.3 is 0 Å². The van der Waals surface area contributed by atoms with Crippen molar-refractivity contribution in [3.63, 3.8) is 0 Å². The predicted octanol–water partition coefficient (Wildman–Crippen LogP) is 5.07. The minimum atomic E-state index is 0.389. The Balaban J connectivity index is 1.59. The second-order valence-electron chi connectivity index (χ2n) is 5.99. The molecule has 0 saturated heterocycles. The summed E-state index contributed by atoms with van der Waals surface area (Å²) in [6.45, 7) is 0.548. The van der Waals surface area contributed by atoms with Crippen LogP contribution in [-0.2, 0) is 6.54 Å². The van der Waals surface area contributed by atoms with Crippen LogP contribution in [0.5, 0.6) is 5.75 Å². The minimum absolute atomic E-state index is 0.389. The van der Waals surface area contributed by atoms with Gasteiger partial charge in [-0.3, -0.25) is 0 Å². The van der Waals surface area contributed by atoms with Gasteiger partial charge in [-0.25, -0.2) is 4.98 Å². The van der Waals surface area contributed by atoms with Crippen molar-refractivity contribution in [2.75, 3.05) is 12.4 Å². The van der Waals surface area contributed by atoms with Gasteiger partial charge in [0, 0.05) is 28.9 Å². The lowest BCUT2D eigenvalue weighted by Crippen LogP contribution is -2.04. The monoisotopic (exact) mass is 392 g/mol. The lowest BCUT2D eigenvalue weighted by molar-refractivity contribution is 0.410. The number of ether oxygens (including phenoxy) is 1. The van der Waals surface area contributed by atoms with E-state index in [1.165, 1.54) is 0 Å². The van der Waals surface area contributed by atoms with Gasteiger partial charge in [0.2, 0.25) is 5.82 Å². The van der Waals surface area contributed by atoms with Crippen molar-refractivity contribution >= 4 is 17.4 Å². The molecule has 28 heavy (non-hydrogen) atoms. The molecule has 7 heteroatoms. The lowest BCUT2D eigenvalue weighted by Gasteiger charge is -2.11. The summed E-state index contributed by atoms with van der Waals surface area (Å²) in [5, 5.41) is 8.05. The average Bonchev–Trinajstić information content (AvgIpc) is 3.23. The van der Waals surface area contributed by atoms with E-state index in [0.717, 1.165) is 22.4 Å². The fourth-order valence-corrected chi connectivity index (χ4v) is 2.92. The Morgan fingerprint density at radius 1 is 1.04 bits per heavy atom. The van der Waals surface area contributed by atoms with Crippen LogP contribution in [0.3, 0.4) is 0 Å². The number of rotatable bonds is 6. The number of nitrogens with zero attached hydrogens (tertiary/aromatic N) is 3. The summed E-state index contributed by atoms with van der Waals surface area (Å²) in [4.78, 5) is 8.93. The molecule has 0 bridgehead atoms. The van der Waals surface area contributed by atoms with Crippen molar-refractivity contribution in [3.8, 4) is 28.6 Å². The van der Waals surface area contributed by atoms with Crippen molar-refractivity contribution < 1.29 is 9.26 Å². The molecule has 0 unspecified atom stereocenters. The van der Waals surface area contributed by atoms with Crippen molar-refractivity contribution in [1.29, 1.82) is 0 Å². The van der Waals surface area contributed by atoms with Crippen molar-refractivity contribution in [3.05, 3.63) is 77.4 Å². The number of methoxy groups -OCH3 is 1. The first-order valence-corrected chi connectivity index (χ1v) is 9.03. The maximum absolute atomic E-state index is 5.94. The third-order valence-corrected chi connectivity index (χ3v) is 4.46. The zero-order valence-corrected chi connectivity index (χ0v) is 15.8. The smallest absolute Gasteiger partial charge is 0.261 e. The molecule has 140 valence electrons. The Kier molecular flexibility index (Phi) is 5.21. The number of hydrogen-bond acceptors (Lipinski definition) is 6. The second-order valence-corrected chi connectivity index (χ2v) is 6.43. The van der Waals surface area contributed by atoms with E-state index in [2.05, 4.69) is 20.4 Å². The quantitative estimate of drug-likeness (QED) is 0.493. The zero-order valence-electron chi connectivity index (χ0n) is 15.1. The highest BCUT2D eigenvalue weighted by Gasteiger charge is 2.15. The maximum Gasteiger partial charge on any atom is 0.261 e. The van der Waals surface area contributed by atoms with Crippen LogP contribution < -0.4 is 10.1 Å². The summed E-state index contributed by atoms with van der Waals surface area (Å²) in [7, 11) is 1.65. The van der Waals surface area contributed by atoms with Crippen LogP contribution in [0.25, 0.3) is 22.8 Å². The van der Waals surface area contributed by atoms with E-state index in [9.17, 15) is 0 Å². The number of benzene rings is 2. The standard InChI is InChI=1S/C21H17ClN4O2/c1-27-18-7-3-2-5-15(18)13-24-20-17(6-4-12-23-20)21-25-19(26-28-21)14-8-10-16(22)11-9-14/h2-12H,13H2,1H3,(H,23,24). The highest BCUT2D eigenvalue weighted by Crippen LogP contribution is 2.28. The summed E-state index contributed by atoms with van der Waals surface area (Å²) in [5.41, 5.74) is 2.57. The third-order valence-electron chi connectivity index (χ3n) is 4.21. The molecule has 0 radical (unpaired) electrons. The number of hydrogen-bond donors (Lipinski definition) is 1. The SMILES string of the molecule is COc1ccccc1CNc1ncccc1-c1nc(-c2ccc(Cl)cc2)no1. The Labute approximate surface area is 167 Å². The number of nitrogens with one attached hydrogen (secondary N) is 1. The fraction of sp³-hybridized carbons (Fsp3) is 0.0952. The Morgan fingerprint density at radius 2 is 1.86 bits per heavy atom. The van der Waals surface area contributed by atoms with Crippen LogP contribution in [0.1, 0.15) is 5.56 Å². The first-order valence-electron chi connectivity index (χ1n) is 8.65. The number of para-hydroxylation sites is 1. The number of aromatic nitrogens is 3. The largest absolute Gasteiger partial charge is 0.496 e. The molecule has 0 aliphatic heterocycles. The molecule has 0 aliphatic carbocycles. The van der Waals surface area contributed by atoms with Gasteiger partial charge in [-0.1, -0.05) is 35.0 Å². The number of pyridine rings is 1. The van der Waals surface area contributed by atoms with E-state index in [1.54, 1.807) is 25.4 Å². The van der Waals surface area contributed by atoms with Gasteiger partial charge in [-0.2, -0.15) is 4.98 Å². The molecule has 1 N–H and O–H groups in total. The molecule has 0 atom stereocenters. The van der Waals surface area contributed by atoms with E-state index in [4.69, 9.17) is 20.9 Å². The first-order chi connectivity index (χ1) is 13.7. The molecule has 4 rings (SSSR count). The molecule has 0 saturated carbocycles. The summed E-state index contributed by atoms with van der Waals surface area (Å²) in [6, 6.07) is 18.8. The van der Waals surface area contributed by atoms with Gasteiger partial charge in [0.15, 0.2) is 0 Å². The van der Waals surface area contributed by atoms with Crippen LogP contribution in [0.2, 0.25) is 5.02 Å². The number of halogens is 1. The van der Waals surface area contributed by atoms with Crippen molar-refractivity contribution in [2.45, 2.75) is 6.54 Å². The molecule has 0 aliphatic rings. The van der Waals surface area contributed by atoms with E-state index < -0.39 is 0 Å². The van der Waals surface area contributed by atoms with E-state index in [-0.39, 0.29) is 0 Å². The Hall–Kier alpha value is -3.38. The normalized spacial score (nSPS) is 10.6. The third kappa shape index (κ3) is 3.82. The summed E-state index contributed by atoms with van der Waals surface area (Å²) in [6.07, 6.45) is 1.71. The summed E-state index contributed by atoms with van der Waals surface area (Å²) in [5.74, 6) is 2.35. The zero-order chi connectivity index (χ0) is 19.3. The molecule has 0 amide bonds. The van der Waals surface area contributed by atoms with Gasteiger partial charge < -0.3 is 14.6 Å². The van der Waals surface area contributed by atoms with Gasteiger partial charge in [0.1, 0.15) is 11.6 Å². The highest BCUT2D eigenvalue weighted by atomic mass is 35.5. The van der Waals surface area contributed by atoms with Gasteiger partial charge in [0.05, 0.1) is 12.7 Å². The van der Waals surface area contributed by atoms with Gasteiger partial charge in [-0.05, 0) is 42.5 Å². The average molecular weight is 393 g/mol. The summed E-state index contributed by atoms with van der Waals surface area (Å²) < 4.78 is 10.9. The second kappa shape index (κ2) is 8.10. The molecule has 2 aromatic carbocycles. The highest BCUT2D eigenvalue weighted by molar-refractivity contribution is 6.30. The Morgan fingerprint density at radius 3 is 2.68 bits per heavy atom. The molecule has 4 aromatic rings. The molecular formula is C21H17ClN4O2. The molecule has 2 aromatic heterocycles. The van der Waals surface area contributed by atoms with Crippen molar-refractivity contribution in [1.82, 2.24) is 15.1 Å². The van der Waals surface area contributed by atoms with Gasteiger partial charge in [-0.15, -0.1) is 0 Å². The maximum atomic E-state index is 5.94. The molecule has 2 heterocycles. The van der Waals surface area contributed by atoms with Crippen molar-refractivity contribution in [2.24, 2.45) is 0 Å². The molecular weight excluding hydrogens is 376 g/mol. The topological polar surface area (TPSA) is 73.1 Å².